The minimum atomic E-state index is 0.145. The Labute approximate surface area is 124 Å². The van der Waals surface area contributed by atoms with E-state index in [1.54, 1.807) is 6.20 Å². The number of anilines is 1. The van der Waals surface area contributed by atoms with Crippen molar-refractivity contribution in [3.63, 3.8) is 0 Å². The highest BCUT2D eigenvalue weighted by Crippen LogP contribution is 2.28. The van der Waals surface area contributed by atoms with Crippen LogP contribution in [0.15, 0.2) is 36.5 Å². The molecule has 0 spiro atoms. The topological polar surface area (TPSA) is 34.1 Å². The van der Waals surface area contributed by atoms with Crippen LogP contribution >= 0.6 is 11.6 Å². The molecule has 20 heavy (non-hydrogen) atoms. The van der Waals surface area contributed by atoms with Crippen LogP contribution in [0.1, 0.15) is 31.0 Å². The van der Waals surface area contributed by atoms with E-state index >= 15 is 0 Å². The Morgan fingerprint density at radius 3 is 2.55 bits per heavy atom. The Balaban J connectivity index is 2.13. The maximum Gasteiger partial charge on any atom is 0.152 e. The SMILES string of the molecule is CCOc1ccc(C(C)Nc2c(C)ccnc2Cl)cc1. The molecular weight excluding hydrogens is 272 g/mol. The molecule has 0 radical (unpaired) electrons. The second kappa shape index (κ2) is 6.62. The van der Waals surface area contributed by atoms with Crippen LogP contribution in [0, 0.1) is 6.92 Å². The highest BCUT2D eigenvalue weighted by molar-refractivity contribution is 6.32. The monoisotopic (exact) mass is 290 g/mol. The van der Waals surface area contributed by atoms with Crippen LogP contribution in [0.4, 0.5) is 5.69 Å². The second-order valence-corrected chi connectivity index (χ2v) is 5.02. The molecule has 0 aliphatic carbocycles. The van der Waals surface area contributed by atoms with E-state index in [0.29, 0.717) is 11.8 Å². The van der Waals surface area contributed by atoms with E-state index in [2.05, 4.69) is 29.4 Å². The lowest BCUT2D eigenvalue weighted by molar-refractivity contribution is 0.340. The molecule has 1 atom stereocenters. The summed E-state index contributed by atoms with van der Waals surface area (Å²) in [6.07, 6.45) is 1.71. The van der Waals surface area contributed by atoms with Gasteiger partial charge in [0.1, 0.15) is 5.75 Å². The molecule has 1 unspecified atom stereocenters. The quantitative estimate of drug-likeness (QED) is 0.816. The standard InChI is InChI=1S/C16H19ClN2O/c1-4-20-14-7-5-13(6-8-14)12(3)19-15-11(2)9-10-18-16(15)17/h5-10,12,19H,4H2,1-3H3. The van der Waals surface area contributed by atoms with Crippen molar-refractivity contribution in [3.05, 3.63) is 52.8 Å². The van der Waals surface area contributed by atoms with E-state index in [1.807, 2.05) is 32.0 Å². The van der Waals surface area contributed by atoms with Crippen LogP contribution in [0.25, 0.3) is 0 Å². The Bertz CT molecular complexity index is 549. The van der Waals surface area contributed by atoms with Gasteiger partial charge in [-0.05, 0) is 50.1 Å². The van der Waals surface area contributed by atoms with Crippen molar-refractivity contribution in [2.45, 2.75) is 26.8 Å². The summed E-state index contributed by atoms with van der Waals surface area (Å²) in [5.41, 5.74) is 3.14. The van der Waals surface area contributed by atoms with Gasteiger partial charge in [-0.3, -0.25) is 0 Å². The molecule has 1 aromatic carbocycles. The van der Waals surface area contributed by atoms with Crippen LogP contribution in [-0.4, -0.2) is 11.6 Å². The van der Waals surface area contributed by atoms with Gasteiger partial charge in [-0.1, -0.05) is 23.7 Å². The number of pyridine rings is 1. The Hall–Kier alpha value is -1.74. The van der Waals surface area contributed by atoms with E-state index in [-0.39, 0.29) is 6.04 Å². The third-order valence-corrected chi connectivity index (χ3v) is 3.45. The number of halogens is 1. The van der Waals surface area contributed by atoms with Crippen LogP contribution in [0.5, 0.6) is 5.75 Å². The van der Waals surface area contributed by atoms with Gasteiger partial charge in [0.15, 0.2) is 5.15 Å². The van der Waals surface area contributed by atoms with Crippen molar-refractivity contribution in [2.75, 3.05) is 11.9 Å². The third kappa shape index (κ3) is 3.42. The van der Waals surface area contributed by atoms with Crippen LogP contribution in [0.3, 0.4) is 0 Å². The zero-order valence-corrected chi connectivity index (χ0v) is 12.7. The molecule has 1 heterocycles. The minimum absolute atomic E-state index is 0.145. The fourth-order valence-corrected chi connectivity index (χ4v) is 2.28. The summed E-state index contributed by atoms with van der Waals surface area (Å²) in [5, 5.41) is 3.91. The van der Waals surface area contributed by atoms with Gasteiger partial charge in [-0.15, -0.1) is 0 Å². The number of hydrogen-bond donors (Lipinski definition) is 1. The van der Waals surface area contributed by atoms with Crippen molar-refractivity contribution >= 4 is 17.3 Å². The van der Waals surface area contributed by atoms with Gasteiger partial charge in [0.25, 0.3) is 0 Å². The lowest BCUT2D eigenvalue weighted by atomic mass is 10.1. The zero-order valence-electron chi connectivity index (χ0n) is 12.0. The molecule has 0 saturated carbocycles. The summed E-state index contributed by atoms with van der Waals surface area (Å²) in [7, 11) is 0. The molecule has 0 amide bonds. The van der Waals surface area contributed by atoms with Gasteiger partial charge in [-0.2, -0.15) is 0 Å². The Morgan fingerprint density at radius 2 is 1.95 bits per heavy atom. The lowest BCUT2D eigenvalue weighted by Gasteiger charge is -2.18. The normalized spacial score (nSPS) is 12.0. The maximum atomic E-state index is 6.13. The first kappa shape index (κ1) is 14.7. The second-order valence-electron chi connectivity index (χ2n) is 4.66. The van der Waals surface area contributed by atoms with Crippen LogP contribution in [-0.2, 0) is 0 Å². The number of nitrogens with one attached hydrogen (secondary N) is 1. The van der Waals surface area contributed by atoms with Crippen LogP contribution < -0.4 is 10.1 Å². The summed E-state index contributed by atoms with van der Waals surface area (Å²) in [5.74, 6) is 0.888. The molecule has 1 aromatic heterocycles. The smallest absolute Gasteiger partial charge is 0.152 e. The van der Waals surface area contributed by atoms with Gasteiger partial charge < -0.3 is 10.1 Å². The average Bonchev–Trinajstić information content (AvgIpc) is 2.44. The largest absolute Gasteiger partial charge is 0.494 e. The van der Waals surface area contributed by atoms with Crippen molar-refractivity contribution < 1.29 is 4.74 Å². The summed E-state index contributed by atoms with van der Waals surface area (Å²) in [6.45, 7) is 6.77. The molecule has 3 nitrogen and oxygen atoms in total. The maximum absolute atomic E-state index is 6.13. The summed E-state index contributed by atoms with van der Waals surface area (Å²) < 4.78 is 5.45. The van der Waals surface area contributed by atoms with Crippen molar-refractivity contribution in [3.8, 4) is 5.75 Å². The molecule has 2 aromatic rings. The molecule has 106 valence electrons. The van der Waals surface area contributed by atoms with Gasteiger partial charge in [-0.25, -0.2) is 4.98 Å². The lowest BCUT2D eigenvalue weighted by Crippen LogP contribution is -2.08. The minimum Gasteiger partial charge on any atom is -0.494 e. The van der Waals surface area contributed by atoms with E-state index in [4.69, 9.17) is 16.3 Å². The molecule has 4 heteroatoms. The number of rotatable bonds is 5. The number of nitrogens with zero attached hydrogens (tertiary/aromatic N) is 1. The van der Waals surface area contributed by atoms with E-state index in [1.165, 1.54) is 5.56 Å². The summed E-state index contributed by atoms with van der Waals surface area (Å²) >= 11 is 6.13. The number of ether oxygens (including phenoxy) is 1. The fourth-order valence-electron chi connectivity index (χ4n) is 2.02. The summed E-state index contributed by atoms with van der Waals surface area (Å²) in [6, 6.07) is 10.2. The van der Waals surface area contributed by atoms with Gasteiger partial charge in [0.05, 0.1) is 12.3 Å². The summed E-state index contributed by atoms with van der Waals surface area (Å²) in [4.78, 5) is 4.11. The number of aromatic nitrogens is 1. The van der Waals surface area contributed by atoms with Crippen molar-refractivity contribution in [2.24, 2.45) is 0 Å². The first-order valence-corrected chi connectivity index (χ1v) is 7.10. The molecule has 2 rings (SSSR count). The van der Waals surface area contributed by atoms with Gasteiger partial charge >= 0.3 is 0 Å². The number of aryl methyl sites for hydroxylation is 1. The molecule has 0 aliphatic heterocycles. The van der Waals surface area contributed by atoms with Gasteiger partial charge in [0.2, 0.25) is 0 Å². The van der Waals surface area contributed by atoms with Gasteiger partial charge in [0, 0.05) is 12.2 Å². The molecule has 0 aliphatic rings. The Kier molecular flexibility index (Phi) is 4.85. The van der Waals surface area contributed by atoms with Crippen molar-refractivity contribution in [1.29, 1.82) is 0 Å². The first-order valence-electron chi connectivity index (χ1n) is 6.72. The average molecular weight is 291 g/mol. The first-order chi connectivity index (χ1) is 9.61. The molecule has 1 N–H and O–H groups in total. The van der Waals surface area contributed by atoms with E-state index < -0.39 is 0 Å². The highest BCUT2D eigenvalue weighted by atomic mass is 35.5. The highest BCUT2D eigenvalue weighted by Gasteiger charge is 2.10. The van der Waals surface area contributed by atoms with E-state index in [9.17, 15) is 0 Å². The number of hydrogen-bond acceptors (Lipinski definition) is 3. The Morgan fingerprint density at radius 1 is 1.25 bits per heavy atom. The molecular formula is C16H19ClN2O. The predicted molar refractivity (Wildman–Crippen MR) is 83.6 cm³/mol. The van der Waals surface area contributed by atoms with Crippen LogP contribution in [0.2, 0.25) is 5.15 Å². The third-order valence-electron chi connectivity index (χ3n) is 3.16. The molecule has 0 bridgehead atoms. The fraction of sp³-hybridized carbons (Fsp3) is 0.312. The molecule has 0 saturated heterocycles. The van der Waals surface area contributed by atoms with E-state index in [0.717, 1.165) is 17.0 Å². The van der Waals surface area contributed by atoms with Crippen molar-refractivity contribution in [1.82, 2.24) is 4.98 Å². The zero-order chi connectivity index (χ0) is 14.5. The number of benzene rings is 1. The molecule has 0 fully saturated rings. The predicted octanol–water partition coefficient (Wildman–Crippen LogP) is 4.62.